The summed E-state index contributed by atoms with van der Waals surface area (Å²) in [5.74, 6) is 0.614. The number of pyridine rings is 1. The van der Waals surface area contributed by atoms with Crippen LogP contribution in [0.15, 0.2) is 24.5 Å². The molecule has 0 bridgehead atoms. The first-order valence-electron chi connectivity index (χ1n) is 8.31. The van der Waals surface area contributed by atoms with Gasteiger partial charge in [0, 0.05) is 19.3 Å². The molecule has 0 aliphatic carbocycles. The molecular weight excluding hydrogens is 292 g/mol. The molecule has 2 rings (SSSR count). The van der Waals surface area contributed by atoms with Crippen LogP contribution in [0, 0.1) is 5.92 Å². The van der Waals surface area contributed by atoms with Crippen LogP contribution in [0.1, 0.15) is 19.8 Å². The number of hydrogen-bond donors (Lipinski definition) is 2. The molecule has 1 amide bonds. The van der Waals surface area contributed by atoms with E-state index in [9.17, 15) is 9.90 Å². The average Bonchev–Trinajstić information content (AvgIpc) is 2.49. The number of nitrogens with zero attached hydrogens (tertiary/aromatic N) is 3. The summed E-state index contributed by atoms with van der Waals surface area (Å²) < 4.78 is 0. The zero-order valence-electron chi connectivity index (χ0n) is 14.1. The maximum Gasteiger partial charge on any atom is 0.238 e. The summed E-state index contributed by atoms with van der Waals surface area (Å²) in [6, 6.07) is 3.64. The molecule has 2 heterocycles. The van der Waals surface area contributed by atoms with Crippen molar-refractivity contribution >= 4 is 11.6 Å². The van der Waals surface area contributed by atoms with Crippen LogP contribution in [-0.4, -0.2) is 71.7 Å². The summed E-state index contributed by atoms with van der Waals surface area (Å²) in [7, 11) is 1.99. The fraction of sp³-hybridized carbons (Fsp3) is 0.647. The lowest BCUT2D eigenvalue weighted by molar-refractivity contribution is -0.117. The van der Waals surface area contributed by atoms with Crippen molar-refractivity contribution in [3.63, 3.8) is 0 Å². The van der Waals surface area contributed by atoms with E-state index in [0.29, 0.717) is 12.5 Å². The van der Waals surface area contributed by atoms with E-state index >= 15 is 0 Å². The molecule has 1 atom stereocenters. The van der Waals surface area contributed by atoms with Gasteiger partial charge in [-0.05, 0) is 58.0 Å². The number of likely N-dealkylation sites (N-methyl/N-ethyl adjacent to an activating group) is 1. The summed E-state index contributed by atoms with van der Waals surface area (Å²) in [5, 5.41) is 12.3. The second-order valence-corrected chi connectivity index (χ2v) is 6.58. The highest BCUT2D eigenvalue weighted by molar-refractivity contribution is 5.91. The van der Waals surface area contributed by atoms with Crippen LogP contribution in [0.25, 0.3) is 0 Å². The van der Waals surface area contributed by atoms with Gasteiger partial charge in [0.15, 0.2) is 0 Å². The Labute approximate surface area is 138 Å². The van der Waals surface area contributed by atoms with Crippen LogP contribution in [0.2, 0.25) is 0 Å². The number of aliphatic hydroxyl groups excluding tert-OH is 1. The number of hydrogen-bond acceptors (Lipinski definition) is 5. The first-order valence-corrected chi connectivity index (χ1v) is 8.31. The Bertz CT molecular complexity index is 473. The van der Waals surface area contributed by atoms with E-state index in [1.165, 1.54) is 0 Å². The maximum atomic E-state index is 12.0. The topological polar surface area (TPSA) is 68.7 Å². The number of nitrogens with one attached hydrogen (secondary N) is 1. The highest BCUT2D eigenvalue weighted by Gasteiger charge is 2.21. The third-order valence-corrected chi connectivity index (χ3v) is 4.16. The Morgan fingerprint density at radius 1 is 1.52 bits per heavy atom. The summed E-state index contributed by atoms with van der Waals surface area (Å²) in [6.07, 6.45) is 5.33. The molecule has 0 unspecified atom stereocenters. The normalized spacial score (nSPS) is 18.1. The van der Waals surface area contributed by atoms with E-state index in [-0.39, 0.29) is 12.0 Å². The van der Waals surface area contributed by atoms with Gasteiger partial charge in [-0.1, -0.05) is 0 Å². The largest absolute Gasteiger partial charge is 0.392 e. The molecule has 1 aromatic rings. The van der Waals surface area contributed by atoms with Crippen LogP contribution >= 0.6 is 0 Å². The summed E-state index contributed by atoms with van der Waals surface area (Å²) in [5.41, 5.74) is 0.734. The minimum atomic E-state index is -0.259. The molecular formula is C17H28N4O2. The summed E-state index contributed by atoms with van der Waals surface area (Å²) in [6.45, 7) is 5.99. The predicted octanol–water partition coefficient (Wildman–Crippen LogP) is 1.04. The van der Waals surface area contributed by atoms with Gasteiger partial charge in [0.2, 0.25) is 5.91 Å². The molecule has 1 aliphatic heterocycles. The number of aliphatic hydroxyl groups is 1. The Hall–Kier alpha value is -1.50. The highest BCUT2D eigenvalue weighted by atomic mass is 16.3. The first-order chi connectivity index (χ1) is 11.0. The van der Waals surface area contributed by atoms with Crippen molar-refractivity contribution in [1.82, 2.24) is 14.8 Å². The monoisotopic (exact) mass is 320 g/mol. The highest BCUT2D eigenvalue weighted by Crippen LogP contribution is 2.18. The maximum absolute atomic E-state index is 12.0. The predicted molar refractivity (Wildman–Crippen MR) is 91.2 cm³/mol. The molecule has 6 nitrogen and oxygen atoms in total. The van der Waals surface area contributed by atoms with Gasteiger partial charge in [-0.3, -0.25) is 14.7 Å². The van der Waals surface area contributed by atoms with Crippen LogP contribution in [0.4, 0.5) is 5.69 Å². The molecule has 23 heavy (non-hydrogen) atoms. The van der Waals surface area contributed by atoms with Crippen molar-refractivity contribution in [2.24, 2.45) is 5.92 Å². The Morgan fingerprint density at radius 2 is 2.26 bits per heavy atom. The molecule has 2 N–H and O–H groups in total. The number of β-amino-alcohol motifs (C(OH)–C–C–N with tert-alkyl or cyclic N) is 1. The van der Waals surface area contributed by atoms with E-state index in [0.717, 1.165) is 44.7 Å². The number of carbonyl (C=O) groups excluding carboxylic acids is 1. The molecule has 1 fully saturated rings. The van der Waals surface area contributed by atoms with Gasteiger partial charge in [0.25, 0.3) is 0 Å². The molecule has 0 saturated carbocycles. The SMILES string of the molecule is C[C@@H](O)CN1CCC(CN(C)CC(=O)Nc2cccnc2)CC1. The minimum Gasteiger partial charge on any atom is -0.392 e. The lowest BCUT2D eigenvalue weighted by Crippen LogP contribution is -2.41. The molecule has 1 aromatic heterocycles. The van der Waals surface area contributed by atoms with Crippen LogP contribution in [0.5, 0.6) is 0 Å². The van der Waals surface area contributed by atoms with Crippen molar-refractivity contribution in [2.45, 2.75) is 25.9 Å². The third-order valence-electron chi connectivity index (χ3n) is 4.16. The molecule has 1 aliphatic rings. The van der Waals surface area contributed by atoms with E-state index in [4.69, 9.17) is 0 Å². The quantitative estimate of drug-likeness (QED) is 0.786. The van der Waals surface area contributed by atoms with Gasteiger partial charge in [0.05, 0.1) is 24.5 Å². The van der Waals surface area contributed by atoms with E-state index in [2.05, 4.69) is 20.1 Å². The number of carbonyl (C=O) groups is 1. The number of piperidine rings is 1. The average molecular weight is 320 g/mol. The number of aromatic nitrogens is 1. The number of anilines is 1. The lowest BCUT2D eigenvalue weighted by Gasteiger charge is -2.34. The molecule has 6 heteroatoms. The van der Waals surface area contributed by atoms with Crippen LogP contribution in [0.3, 0.4) is 0 Å². The number of amides is 1. The zero-order chi connectivity index (χ0) is 16.7. The second kappa shape index (κ2) is 8.96. The Morgan fingerprint density at radius 3 is 2.87 bits per heavy atom. The molecule has 128 valence electrons. The Balaban J connectivity index is 1.67. The van der Waals surface area contributed by atoms with Crippen LogP contribution in [-0.2, 0) is 4.79 Å². The lowest BCUT2D eigenvalue weighted by atomic mass is 9.96. The van der Waals surface area contributed by atoms with Gasteiger partial charge in [-0.2, -0.15) is 0 Å². The van der Waals surface area contributed by atoms with Gasteiger partial charge in [-0.15, -0.1) is 0 Å². The zero-order valence-corrected chi connectivity index (χ0v) is 14.1. The number of rotatable bonds is 7. The molecule has 1 saturated heterocycles. The fourth-order valence-electron chi connectivity index (χ4n) is 3.11. The van der Waals surface area contributed by atoms with Gasteiger partial charge >= 0.3 is 0 Å². The molecule has 0 aromatic carbocycles. The van der Waals surface area contributed by atoms with E-state index in [1.807, 2.05) is 20.0 Å². The van der Waals surface area contributed by atoms with Crippen molar-refractivity contribution in [2.75, 3.05) is 45.1 Å². The second-order valence-electron chi connectivity index (χ2n) is 6.58. The number of likely N-dealkylation sites (tertiary alicyclic amines) is 1. The smallest absolute Gasteiger partial charge is 0.238 e. The molecule has 0 radical (unpaired) electrons. The summed E-state index contributed by atoms with van der Waals surface area (Å²) >= 11 is 0. The standard InChI is InChI=1S/C17H28N4O2/c1-14(22)11-21-8-5-15(6-9-21)12-20(2)13-17(23)19-16-4-3-7-18-10-16/h3-4,7,10,14-15,22H,5-6,8-9,11-13H2,1-2H3,(H,19,23)/t14-/m1/s1. The van der Waals surface area contributed by atoms with Crippen molar-refractivity contribution in [3.8, 4) is 0 Å². The van der Waals surface area contributed by atoms with Gasteiger partial charge in [-0.25, -0.2) is 0 Å². The minimum absolute atomic E-state index is 0.00737. The van der Waals surface area contributed by atoms with E-state index in [1.54, 1.807) is 18.5 Å². The third kappa shape index (κ3) is 6.64. The van der Waals surface area contributed by atoms with Gasteiger partial charge in [0.1, 0.15) is 0 Å². The van der Waals surface area contributed by atoms with E-state index < -0.39 is 0 Å². The van der Waals surface area contributed by atoms with Crippen molar-refractivity contribution in [3.05, 3.63) is 24.5 Å². The molecule has 0 spiro atoms. The Kier molecular flexibility index (Phi) is 6.95. The fourth-order valence-corrected chi connectivity index (χ4v) is 3.11. The summed E-state index contributed by atoms with van der Waals surface area (Å²) in [4.78, 5) is 20.4. The van der Waals surface area contributed by atoms with Crippen molar-refractivity contribution < 1.29 is 9.90 Å². The first kappa shape index (κ1) is 17.8. The van der Waals surface area contributed by atoms with Crippen LogP contribution < -0.4 is 5.32 Å². The van der Waals surface area contributed by atoms with Crippen molar-refractivity contribution in [1.29, 1.82) is 0 Å². The van der Waals surface area contributed by atoms with Gasteiger partial charge < -0.3 is 15.3 Å².